The minimum absolute atomic E-state index is 0.201. The fourth-order valence-corrected chi connectivity index (χ4v) is 3.27. The van der Waals surface area contributed by atoms with Crippen LogP contribution in [-0.2, 0) is 9.53 Å². The molecule has 0 radical (unpaired) electrons. The van der Waals surface area contributed by atoms with Crippen LogP contribution in [0.1, 0.15) is 19.8 Å². The van der Waals surface area contributed by atoms with Gasteiger partial charge in [0.15, 0.2) is 0 Å². The highest BCUT2D eigenvalue weighted by atomic mass is 32.2. The summed E-state index contributed by atoms with van der Waals surface area (Å²) in [4.78, 5) is 16.0. The van der Waals surface area contributed by atoms with Gasteiger partial charge in [0.05, 0.1) is 7.11 Å². The molecule has 1 aromatic heterocycles. The van der Waals surface area contributed by atoms with Crippen LogP contribution in [0.4, 0.5) is 0 Å². The van der Waals surface area contributed by atoms with Gasteiger partial charge < -0.3 is 4.74 Å². The molecule has 0 bridgehead atoms. The molecule has 1 heterocycles. The number of aromatic nitrogens is 1. The average Bonchev–Trinajstić information content (AvgIpc) is 2.97. The molecular formula is C11H16N2O2S2. The van der Waals surface area contributed by atoms with Gasteiger partial charge in [-0.25, -0.2) is 4.98 Å². The summed E-state index contributed by atoms with van der Waals surface area (Å²) in [5.41, 5.74) is -0.619. The molecule has 0 aliphatic heterocycles. The van der Waals surface area contributed by atoms with Gasteiger partial charge in [0.25, 0.3) is 0 Å². The first-order chi connectivity index (χ1) is 8.14. The lowest BCUT2D eigenvalue weighted by Gasteiger charge is -2.27. The topological polar surface area (TPSA) is 51.2 Å². The molecule has 1 aliphatic rings. The predicted octanol–water partition coefficient (Wildman–Crippen LogP) is 1.92. The molecule has 1 fully saturated rings. The molecule has 1 aromatic rings. The van der Waals surface area contributed by atoms with Gasteiger partial charge in [-0.3, -0.25) is 10.1 Å². The number of methoxy groups -OCH3 is 1. The van der Waals surface area contributed by atoms with Gasteiger partial charge in [-0.2, -0.15) is 0 Å². The minimum atomic E-state index is -0.619. The van der Waals surface area contributed by atoms with E-state index in [9.17, 15) is 4.79 Å². The summed E-state index contributed by atoms with van der Waals surface area (Å²) < 4.78 is 5.87. The number of rotatable bonds is 6. The van der Waals surface area contributed by atoms with Crippen molar-refractivity contribution in [1.29, 1.82) is 0 Å². The highest BCUT2D eigenvalue weighted by Crippen LogP contribution is 2.28. The van der Waals surface area contributed by atoms with Crippen molar-refractivity contribution < 1.29 is 9.53 Å². The number of hydrogen-bond donors (Lipinski definition) is 1. The van der Waals surface area contributed by atoms with Crippen LogP contribution >= 0.6 is 23.1 Å². The molecule has 1 atom stereocenters. The van der Waals surface area contributed by atoms with E-state index in [1.54, 1.807) is 29.3 Å². The normalized spacial score (nSPS) is 18.7. The second kappa shape index (κ2) is 5.37. The minimum Gasteiger partial charge on any atom is -0.468 e. The Kier molecular flexibility index (Phi) is 4.06. The fourth-order valence-electron chi connectivity index (χ4n) is 1.55. The number of esters is 1. The maximum atomic E-state index is 11.8. The number of nitrogens with one attached hydrogen (secondary N) is 1. The van der Waals surface area contributed by atoms with E-state index in [-0.39, 0.29) is 5.97 Å². The number of carbonyl (C=O) groups excluding carboxylic acids is 1. The standard InChI is InChI=1S/C11H16N2O2S2/c1-11(9(14)15-2,13-8-3-4-8)7-17-10-12-5-6-16-10/h5-6,8,13H,3-4,7H2,1-2H3. The van der Waals surface area contributed by atoms with Gasteiger partial charge in [-0.15, -0.1) is 11.3 Å². The zero-order valence-corrected chi connectivity index (χ0v) is 11.6. The molecule has 1 unspecified atom stereocenters. The third-order valence-electron chi connectivity index (χ3n) is 2.63. The highest BCUT2D eigenvalue weighted by molar-refractivity contribution is 8.01. The Morgan fingerprint density at radius 3 is 3.06 bits per heavy atom. The van der Waals surface area contributed by atoms with Crippen molar-refractivity contribution >= 4 is 29.1 Å². The smallest absolute Gasteiger partial charge is 0.326 e. The van der Waals surface area contributed by atoms with Crippen molar-refractivity contribution in [3.05, 3.63) is 11.6 Å². The van der Waals surface area contributed by atoms with Crippen LogP contribution in [0.25, 0.3) is 0 Å². The lowest BCUT2D eigenvalue weighted by Crippen LogP contribution is -2.53. The molecule has 0 saturated heterocycles. The second-order valence-corrected chi connectivity index (χ2v) is 6.45. The lowest BCUT2D eigenvalue weighted by molar-refractivity contribution is -0.146. The Bertz CT molecular complexity index is 379. The number of thiazole rings is 1. The Hall–Kier alpha value is -0.590. The maximum absolute atomic E-state index is 11.8. The van der Waals surface area contributed by atoms with Crippen LogP contribution in [0.15, 0.2) is 15.9 Å². The monoisotopic (exact) mass is 272 g/mol. The summed E-state index contributed by atoms with van der Waals surface area (Å²) in [6.45, 7) is 1.90. The molecular weight excluding hydrogens is 256 g/mol. The number of thioether (sulfide) groups is 1. The molecule has 4 nitrogen and oxygen atoms in total. The third-order valence-corrected chi connectivity index (χ3v) is 4.91. The van der Waals surface area contributed by atoms with E-state index in [1.165, 1.54) is 7.11 Å². The van der Waals surface area contributed by atoms with Crippen molar-refractivity contribution in [2.45, 2.75) is 35.7 Å². The molecule has 0 spiro atoms. The van der Waals surface area contributed by atoms with Gasteiger partial charge in [0, 0.05) is 23.4 Å². The van der Waals surface area contributed by atoms with Crippen molar-refractivity contribution in [2.75, 3.05) is 12.9 Å². The maximum Gasteiger partial charge on any atom is 0.326 e. The van der Waals surface area contributed by atoms with Crippen LogP contribution in [0.2, 0.25) is 0 Å². The average molecular weight is 272 g/mol. The summed E-state index contributed by atoms with van der Waals surface area (Å²) in [7, 11) is 1.43. The zero-order valence-electron chi connectivity index (χ0n) is 9.93. The van der Waals surface area contributed by atoms with Crippen LogP contribution in [-0.4, -0.2) is 35.4 Å². The van der Waals surface area contributed by atoms with E-state index in [0.29, 0.717) is 11.8 Å². The zero-order chi connectivity index (χ0) is 12.3. The summed E-state index contributed by atoms with van der Waals surface area (Å²) in [6.07, 6.45) is 4.07. The van der Waals surface area contributed by atoms with E-state index in [0.717, 1.165) is 17.2 Å². The highest BCUT2D eigenvalue weighted by Gasteiger charge is 2.39. The number of ether oxygens (including phenoxy) is 1. The molecule has 0 amide bonds. The largest absolute Gasteiger partial charge is 0.468 e. The first kappa shape index (κ1) is 12.9. The fraction of sp³-hybridized carbons (Fsp3) is 0.636. The Morgan fingerprint density at radius 2 is 2.53 bits per heavy atom. The lowest BCUT2D eigenvalue weighted by atomic mass is 10.1. The van der Waals surface area contributed by atoms with E-state index in [2.05, 4.69) is 10.3 Å². The third kappa shape index (κ3) is 3.43. The van der Waals surface area contributed by atoms with E-state index >= 15 is 0 Å². The van der Waals surface area contributed by atoms with E-state index in [1.807, 2.05) is 12.3 Å². The first-order valence-electron chi connectivity index (χ1n) is 5.52. The molecule has 0 aromatic carbocycles. The molecule has 2 rings (SSSR count). The van der Waals surface area contributed by atoms with Gasteiger partial charge in [-0.05, 0) is 19.8 Å². The number of hydrogen-bond acceptors (Lipinski definition) is 6. The molecule has 1 aliphatic carbocycles. The summed E-state index contributed by atoms with van der Waals surface area (Å²) in [5.74, 6) is 0.442. The SMILES string of the molecule is COC(=O)C(C)(CSc1nccs1)NC1CC1. The Morgan fingerprint density at radius 1 is 1.76 bits per heavy atom. The van der Waals surface area contributed by atoms with Crippen molar-refractivity contribution in [2.24, 2.45) is 0 Å². The van der Waals surface area contributed by atoms with Crippen LogP contribution in [0.5, 0.6) is 0 Å². The second-order valence-electron chi connectivity index (χ2n) is 4.33. The summed E-state index contributed by atoms with van der Waals surface area (Å²) in [6, 6.07) is 0.469. The molecule has 6 heteroatoms. The van der Waals surface area contributed by atoms with Crippen LogP contribution in [0, 0.1) is 0 Å². The Labute approximate surface area is 109 Å². The van der Waals surface area contributed by atoms with Crippen LogP contribution in [0.3, 0.4) is 0 Å². The van der Waals surface area contributed by atoms with Gasteiger partial charge in [0.2, 0.25) is 0 Å². The predicted molar refractivity (Wildman–Crippen MR) is 69.4 cm³/mol. The number of carbonyl (C=O) groups is 1. The van der Waals surface area contributed by atoms with Crippen molar-refractivity contribution in [3.8, 4) is 0 Å². The van der Waals surface area contributed by atoms with Crippen LogP contribution < -0.4 is 5.32 Å². The molecule has 1 saturated carbocycles. The quantitative estimate of drug-likeness (QED) is 0.633. The molecule has 1 N–H and O–H groups in total. The number of nitrogens with zero attached hydrogens (tertiary/aromatic N) is 1. The molecule has 94 valence electrons. The van der Waals surface area contributed by atoms with Crippen molar-refractivity contribution in [3.63, 3.8) is 0 Å². The molecule has 17 heavy (non-hydrogen) atoms. The first-order valence-corrected chi connectivity index (χ1v) is 7.39. The summed E-state index contributed by atoms with van der Waals surface area (Å²) in [5, 5.41) is 5.30. The van der Waals surface area contributed by atoms with E-state index < -0.39 is 5.54 Å². The van der Waals surface area contributed by atoms with Crippen molar-refractivity contribution in [1.82, 2.24) is 10.3 Å². The summed E-state index contributed by atoms with van der Waals surface area (Å²) >= 11 is 3.18. The van der Waals surface area contributed by atoms with Gasteiger partial charge in [-0.1, -0.05) is 11.8 Å². The van der Waals surface area contributed by atoms with Gasteiger partial charge in [0.1, 0.15) is 9.88 Å². The van der Waals surface area contributed by atoms with E-state index in [4.69, 9.17) is 4.74 Å². The van der Waals surface area contributed by atoms with Gasteiger partial charge >= 0.3 is 5.97 Å². The Balaban J connectivity index is 1.96.